The Bertz CT molecular complexity index is 124. The van der Waals surface area contributed by atoms with Crippen molar-refractivity contribution in [3.8, 4) is 0 Å². The second kappa shape index (κ2) is 3.16. The van der Waals surface area contributed by atoms with E-state index in [0.717, 1.165) is 11.8 Å². The fourth-order valence-corrected chi connectivity index (χ4v) is 2.02. The molecule has 0 nitrogen and oxygen atoms in total. The minimum Gasteiger partial charge on any atom is -0.0651 e. The SMILES string of the molecule is CCC(C)CC1CCC1(C)C. The van der Waals surface area contributed by atoms with Crippen LogP contribution in [0.3, 0.4) is 0 Å². The highest BCUT2D eigenvalue weighted by atomic mass is 14.4. The maximum atomic E-state index is 2.42. The topological polar surface area (TPSA) is 0 Å². The predicted octanol–water partition coefficient (Wildman–Crippen LogP) is 3.86. The van der Waals surface area contributed by atoms with Crippen LogP contribution < -0.4 is 0 Å². The monoisotopic (exact) mass is 154 g/mol. The predicted molar refractivity (Wildman–Crippen MR) is 50.6 cm³/mol. The van der Waals surface area contributed by atoms with Gasteiger partial charge in [0.2, 0.25) is 0 Å². The van der Waals surface area contributed by atoms with Gasteiger partial charge in [-0.25, -0.2) is 0 Å². The van der Waals surface area contributed by atoms with E-state index in [1.807, 2.05) is 0 Å². The fourth-order valence-electron chi connectivity index (χ4n) is 2.02. The quantitative estimate of drug-likeness (QED) is 0.579. The molecule has 0 spiro atoms. The lowest BCUT2D eigenvalue weighted by molar-refractivity contribution is 0.0512. The third-order valence-corrected chi connectivity index (χ3v) is 3.63. The Morgan fingerprint density at radius 1 is 1.45 bits per heavy atom. The molecule has 0 radical (unpaired) electrons. The first-order valence-corrected chi connectivity index (χ1v) is 5.06. The van der Waals surface area contributed by atoms with Crippen molar-refractivity contribution in [2.24, 2.45) is 17.3 Å². The van der Waals surface area contributed by atoms with Gasteiger partial charge in [0.15, 0.2) is 0 Å². The zero-order chi connectivity index (χ0) is 8.48. The van der Waals surface area contributed by atoms with Gasteiger partial charge in [-0.3, -0.25) is 0 Å². The summed E-state index contributed by atoms with van der Waals surface area (Å²) < 4.78 is 0. The van der Waals surface area contributed by atoms with Gasteiger partial charge in [-0.2, -0.15) is 0 Å². The smallest absolute Gasteiger partial charge is 0.0326 e. The molecule has 0 N–H and O–H groups in total. The molecule has 0 amide bonds. The standard InChI is InChI=1S/C11H22/c1-5-9(2)8-10-6-7-11(10,3)4/h9-10H,5-8H2,1-4H3. The van der Waals surface area contributed by atoms with E-state index in [2.05, 4.69) is 27.7 Å². The van der Waals surface area contributed by atoms with Crippen LogP contribution in [-0.4, -0.2) is 0 Å². The van der Waals surface area contributed by atoms with E-state index in [4.69, 9.17) is 0 Å². The summed E-state index contributed by atoms with van der Waals surface area (Å²) in [5.41, 5.74) is 0.670. The maximum absolute atomic E-state index is 2.42. The molecule has 0 aliphatic heterocycles. The van der Waals surface area contributed by atoms with Gasteiger partial charge < -0.3 is 0 Å². The van der Waals surface area contributed by atoms with Gasteiger partial charge >= 0.3 is 0 Å². The Morgan fingerprint density at radius 3 is 2.36 bits per heavy atom. The van der Waals surface area contributed by atoms with Crippen molar-refractivity contribution in [1.29, 1.82) is 0 Å². The summed E-state index contributed by atoms with van der Waals surface area (Å²) in [4.78, 5) is 0. The molecule has 0 aromatic heterocycles. The van der Waals surface area contributed by atoms with Crippen LogP contribution in [0.15, 0.2) is 0 Å². The molecular weight excluding hydrogens is 132 g/mol. The van der Waals surface area contributed by atoms with Crippen LogP contribution in [0.4, 0.5) is 0 Å². The number of hydrogen-bond acceptors (Lipinski definition) is 0. The first-order valence-electron chi connectivity index (χ1n) is 5.06. The third-order valence-electron chi connectivity index (χ3n) is 3.63. The third kappa shape index (κ3) is 1.98. The minimum absolute atomic E-state index is 0.670. The molecule has 11 heavy (non-hydrogen) atoms. The summed E-state index contributed by atoms with van der Waals surface area (Å²) in [7, 11) is 0. The molecule has 0 heteroatoms. The lowest BCUT2D eigenvalue weighted by Gasteiger charge is -2.45. The molecule has 1 aliphatic carbocycles. The Kier molecular flexibility index (Phi) is 2.61. The van der Waals surface area contributed by atoms with Gasteiger partial charge in [-0.05, 0) is 36.5 Å². The van der Waals surface area contributed by atoms with Crippen LogP contribution in [0.2, 0.25) is 0 Å². The minimum atomic E-state index is 0.670. The largest absolute Gasteiger partial charge is 0.0651 e. The van der Waals surface area contributed by atoms with Gasteiger partial charge in [0, 0.05) is 0 Å². The molecule has 0 aromatic carbocycles. The van der Waals surface area contributed by atoms with Crippen molar-refractivity contribution < 1.29 is 0 Å². The van der Waals surface area contributed by atoms with E-state index in [1.165, 1.54) is 25.7 Å². The highest BCUT2D eigenvalue weighted by Gasteiger charge is 2.38. The summed E-state index contributed by atoms with van der Waals surface area (Å²) in [6.07, 6.45) is 5.75. The van der Waals surface area contributed by atoms with Gasteiger partial charge in [0.05, 0.1) is 0 Å². The summed E-state index contributed by atoms with van der Waals surface area (Å²) in [5, 5.41) is 0. The molecule has 66 valence electrons. The zero-order valence-corrected chi connectivity index (χ0v) is 8.48. The molecule has 0 bridgehead atoms. The van der Waals surface area contributed by atoms with Crippen LogP contribution >= 0.6 is 0 Å². The highest BCUT2D eigenvalue weighted by molar-refractivity contribution is 4.88. The average Bonchev–Trinajstić information content (AvgIpc) is 1.98. The van der Waals surface area contributed by atoms with E-state index in [-0.39, 0.29) is 0 Å². The summed E-state index contributed by atoms with van der Waals surface area (Å²) in [5.74, 6) is 1.97. The summed E-state index contributed by atoms with van der Waals surface area (Å²) >= 11 is 0. The molecule has 1 aliphatic rings. The zero-order valence-electron chi connectivity index (χ0n) is 8.48. The average molecular weight is 154 g/mol. The molecular formula is C11H22. The number of hydrogen-bond donors (Lipinski definition) is 0. The summed E-state index contributed by atoms with van der Waals surface area (Å²) in [6, 6.07) is 0. The van der Waals surface area contributed by atoms with Crippen molar-refractivity contribution in [1.82, 2.24) is 0 Å². The second-order valence-corrected chi connectivity index (χ2v) is 4.97. The molecule has 0 saturated heterocycles. The first kappa shape index (κ1) is 9.09. The molecule has 0 heterocycles. The van der Waals surface area contributed by atoms with Crippen LogP contribution in [0.25, 0.3) is 0 Å². The van der Waals surface area contributed by atoms with Gasteiger partial charge in [-0.15, -0.1) is 0 Å². The van der Waals surface area contributed by atoms with Crippen LogP contribution in [-0.2, 0) is 0 Å². The molecule has 0 aromatic rings. The number of rotatable bonds is 3. The van der Waals surface area contributed by atoms with Gasteiger partial charge in [0.1, 0.15) is 0 Å². The molecule has 1 saturated carbocycles. The molecule has 1 rings (SSSR count). The molecule has 2 atom stereocenters. The van der Waals surface area contributed by atoms with Crippen LogP contribution in [0.5, 0.6) is 0 Å². The summed E-state index contributed by atoms with van der Waals surface area (Å²) in [6.45, 7) is 9.53. The Morgan fingerprint density at radius 2 is 2.09 bits per heavy atom. The van der Waals surface area contributed by atoms with Crippen LogP contribution in [0.1, 0.15) is 53.4 Å². The lowest BCUT2D eigenvalue weighted by Crippen LogP contribution is -2.35. The highest BCUT2D eigenvalue weighted by Crippen LogP contribution is 2.49. The van der Waals surface area contributed by atoms with Crippen molar-refractivity contribution in [2.75, 3.05) is 0 Å². The normalized spacial score (nSPS) is 31.1. The fraction of sp³-hybridized carbons (Fsp3) is 1.00. The van der Waals surface area contributed by atoms with E-state index in [9.17, 15) is 0 Å². The Balaban J connectivity index is 2.28. The van der Waals surface area contributed by atoms with Gasteiger partial charge in [-0.1, -0.05) is 34.1 Å². The molecule has 2 unspecified atom stereocenters. The van der Waals surface area contributed by atoms with E-state index >= 15 is 0 Å². The lowest BCUT2D eigenvalue weighted by atomic mass is 9.60. The van der Waals surface area contributed by atoms with E-state index in [1.54, 1.807) is 0 Å². The maximum Gasteiger partial charge on any atom is -0.0326 e. The Hall–Kier alpha value is 0. The van der Waals surface area contributed by atoms with Crippen molar-refractivity contribution in [3.05, 3.63) is 0 Å². The van der Waals surface area contributed by atoms with E-state index in [0.29, 0.717) is 5.41 Å². The second-order valence-electron chi connectivity index (χ2n) is 4.97. The van der Waals surface area contributed by atoms with Crippen molar-refractivity contribution >= 4 is 0 Å². The first-order chi connectivity index (χ1) is 5.06. The van der Waals surface area contributed by atoms with Crippen molar-refractivity contribution in [3.63, 3.8) is 0 Å². The van der Waals surface area contributed by atoms with Crippen LogP contribution in [0, 0.1) is 17.3 Å². The van der Waals surface area contributed by atoms with E-state index < -0.39 is 0 Å². The van der Waals surface area contributed by atoms with Gasteiger partial charge in [0.25, 0.3) is 0 Å². The molecule has 1 fully saturated rings. The Labute approximate surface area is 71.4 Å². The van der Waals surface area contributed by atoms with Crippen molar-refractivity contribution in [2.45, 2.75) is 53.4 Å².